The Morgan fingerprint density at radius 1 is 1.38 bits per heavy atom. The van der Waals surface area contributed by atoms with Crippen molar-refractivity contribution >= 4 is 15.7 Å². The van der Waals surface area contributed by atoms with Gasteiger partial charge in [0, 0.05) is 0 Å². The Balaban J connectivity index is 2.66. The molecule has 0 aromatic heterocycles. The average molecular weight is 202 g/mol. The molecule has 0 radical (unpaired) electrons. The van der Waals surface area contributed by atoms with E-state index >= 15 is 0 Å². The summed E-state index contributed by atoms with van der Waals surface area (Å²) in [6.07, 6.45) is 0. The molecule has 0 saturated heterocycles. The highest BCUT2D eigenvalue weighted by Crippen LogP contribution is 2.24. The number of rotatable bonds is 0. The lowest BCUT2D eigenvalue weighted by molar-refractivity contribution is 0.580. The van der Waals surface area contributed by atoms with Crippen LogP contribution in [0.25, 0.3) is 0 Å². The SMILES string of the molecule is O=S1(=O)NCNc2cc(F)ccc21. The standard InChI is InChI=1S/C7H7FN2O2S/c8-5-1-2-7-6(3-5)9-4-10-13(7,11)12/h1-3,9-10H,4H2. The summed E-state index contributed by atoms with van der Waals surface area (Å²) in [5.74, 6) is -0.455. The summed E-state index contributed by atoms with van der Waals surface area (Å²) in [5.41, 5.74) is 0.304. The van der Waals surface area contributed by atoms with Crippen molar-refractivity contribution < 1.29 is 12.8 Å². The molecular formula is C7H7FN2O2S. The van der Waals surface area contributed by atoms with E-state index in [9.17, 15) is 12.8 Å². The van der Waals surface area contributed by atoms with Gasteiger partial charge in [-0.2, -0.15) is 4.72 Å². The van der Waals surface area contributed by atoms with E-state index in [-0.39, 0.29) is 11.6 Å². The van der Waals surface area contributed by atoms with Crippen molar-refractivity contribution in [3.8, 4) is 0 Å². The van der Waals surface area contributed by atoms with Gasteiger partial charge in [-0.25, -0.2) is 12.8 Å². The van der Waals surface area contributed by atoms with Gasteiger partial charge in [-0.1, -0.05) is 0 Å². The molecule has 6 heteroatoms. The third kappa shape index (κ3) is 1.38. The molecule has 1 aromatic carbocycles. The van der Waals surface area contributed by atoms with Crippen molar-refractivity contribution in [2.45, 2.75) is 4.90 Å². The normalized spacial score (nSPS) is 18.8. The van der Waals surface area contributed by atoms with Crippen LogP contribution in [0.1, 0.15) is 0 Å². The minimum absolute atomic E-state index is 0.0835. The van der Waals surface area contributed by atoms with E-state index in [0.717, 1.165) is 12.1 Å². The predicted molar refractivity (Wildman–Crippen MR) is 45.2 cm³/mol. The Labute approximate surface area is 74.8 Å². The zero-order chi connectivity index (χ0) is 9.47. The number of benzene rings is 1. The fourth-order valence-electron chi connectivity index (χ4n) is 1.18. The maximum Gasteiger partial charge on any atom is 0.244 e. The highest BCUT2D eigenvalue weighted by molar-refractivity contribution is 7.89. The third-order valence-electron chi connectivity index (χ3n) is 1.77. The molecule has 0 unspecified atom stereocenters. The van der Waals surface area contributed by atoms with Crippen molar-refractivity contribution in [1.82, 2.24) is 4.72 Å². The second-order valence-corrected chi connectivity index (χ2v) is 4.38. The Bertz CT molecular complexity index is 444. The van der Waals surface area contributed by atoms with Gasteiger partial charge in [0.25, 0.3) is 0 Å². The summed E-state index contributed by atoms with van der Waals surface area (Å²) in [6, 6.07) is 3.51. The Kier molecular flexibility index (Phi) is 1.74. The van der Waals surface area contributed by atoms with E-state index in [1.165, 1.54) is 6.07 Å². The molecule has 13 heavy (non-hydrogen) atoms. The van der Waals surface area contributed by atoms with Crippen LogP contribution in [0.2, 0.25) is 0 Å². The first-order chi connectivity index (χ1) is 6.09. The molecule has 0 amide bonds. The van der Waals surface area contributed by atoms with Gasteiger partial charge < -0.3 is 5.32 Å². The van der Waals surface area contributed by atoms with Crippen molar-refractivity contribution in [3.63, 3.8) is 0 Å². The summed E-state index contributed by atoms with van der Waals surface area (Å²) in [5, 5.41) is 2.73. The maximum atomic E-state index is 12.7. The quantitative estimate of drug-likeness (QED) is 0.643. The molecule has 2 rings (SSSR count). The van der Waals surface area contributed by atoms with Crippen molar-refractivity contribution in [1.29, 1.82) is 0 Å². The van der Waals surface area contributed by atoms with Crippen LogP contribution in [0.5, 0.6) is 0 Å². The lowest BCUT2D eigenvalue weighted by Crippen LogP contribution is -2.34. The van der Waals surface area contributed by atoms with E-state index in [0.29, 0.717) is 5.69 Å². The highest BCUT2D eigenvalue weighted by Gasteiger charge is 2.22. The second kappa shape index (κ2) is 2.68. The largest absolute Gasteiger partial charge is 0.370 e. The van der Waals surface area contributed by atoms with Crippen LogP contribution in [0.4, 0.5) is 10.1 Å². The lowest BCUT2D eigenvalue weighted by Gasteiger charge is -2.18. The number of fused-ring (bicyclic) bond motifs is 1. The number of hydrogen-bond donors (Lipinski definition) is 2. The number of nitrogens with one attached hydrogen (secondary N) is 2. The molecule has 0 aliphatic carbocycles. The fourth-order valence-corrected chi connectivity index (χ4v) is 2.26. The molecule has 70 valence electrons. The first-order valence-electron chi connectivity index (χ1n) is 3.63. The molecule has 0 saturated carbocycles. The predicted octanol–water partition coefficient (Wildman–Crippen LogP) is 0.487. The third-order valence-corrected chi connectivity index (χ3v) is 3.23. The maximum absolute atomic E-state index is 12.7. The van der Waals surface area contributed by atoms with E-state index in [1.54, 1.807) is 0 Å². The van der Waals surface area contributed by atoms with E-state index in [1.807, 2.05) is 0 Å². The first-order valence-corrected chi connectivity index (χ1v) is 5.11. The van der Waals surface area contributed by atoms with Gasteiger partial charge >= 0.3 is 0 Å². The van der Waals surface area contributed by atoms with Crippen LogP contribution in [0, 0.1) is 5.82 Å². The van der Waals surface area contributed by atoms with Gasteiger partial charge in [0.2, 0.25) is 10.0 Å². The van der Waals surface area contributed by atoms with Gasteiger partial charge in [-0.05, 0) is 18.2 Å². The van der Waals surface area contributed by atoms with E-state index in [4.69, 9.17) is 0 Å². The highest BCUT2D eigenvalue weighted by atomic mass is 32.2. The van der Waals surface area contributed by atoms with Crippen LogP contribution in [0.3, 0.4) is 0 Å². The van der Waals surface area contributed by atoms with Gasteiger partial charge in [0.05, 0.1) is 12.4 Å². The average Bonchev–Trinajstić information content (AvgIpc) is 2.02. The zero-order valence-corrected chi connectivity index (χ0v) is 7.36. The molecule has 1 aliphatic heterocycles. The van der Waals surface area contributed by atoms with Crippen molar-refractivity contribution in [2.24, 2.45) is 0 Å². The Morgan fingerprint density at radius 3 is 2.92 bits per heavy atom. The van der Waals surface area contributed by atoms with Crippen LogP contribution in [-0.2, 0) is 10.0 Å². The minimum atomic E-state index is -3.44. The van der Waals surface area contributed by atoms with E-state index < -0.39 is 15.8 Å². The van der Waals surface area contributed by atoms with Gasteiger partial charge in [0.15, 0.2) is 0 Å². The topological polar surface area (TPSA) is 58.2 Å². The van der Waals surface area contributed by atoms with Gasteiger partial charge in [-0.15, -0.1) is 0 Å². The minimum Gasteiger partial charge on any atom is -0.370 e. The molecule has 0 fully saturated rings. The summed E-state index contributed by atoms with van der Waals surface area (Å²) in [4.78, 5) is 0.0835. The van der Waals surface area contributed by atoms with Crippen LogP contribution >= 0.6 is 0 Å². The molecule has 0 bridgehead atoms. The summed E-state index contributed by atoms with van der Waals surface area (Å²) >= 11 is 0. The number of hydrogen-bond acceptors (Lipinski definition) is 3. The molecule has 2 N–H and O–H groups in total. The van der Waals surface area contributed by atoms with Crippen LogP contribution in [-0.4, -0.2) is 15.1 Å². The summed E-state index contributed by atoms with van der Waals surface area (Å²) in [6.45, 7) is 0.0960. The van der Waals surface area contributed by atoms with Crippen LogP contribution in [0.15, 0.2) is 23.1 Å². The Morgan fingerprint density at radius 2 is 2.15 bits per heavy atom. The van der Waals surface area contributed by atoms with Crippen molar-refractivity contribution in [3.05, 3.63) is 24.0 Å². The lowest BCUT2D eigenvalue weighted by atomic mass is 10.3. The van der Waals surface area contributed by atoms with E-state index in [2.05, 4.69) is 10.0 Å². The molecule has 1 heterocycles. The second-order valence-electron chi connectivity index (χ2n) is 2.64. The number of sulfonamides is 1. The molecule has 4 nitrogen and oxygen atoms in total. The smallest absolute Gasteiger partial charge is 0.244 e. The monoisotopic (exact) mass is 202 g/mol. The van der Waals surface area contributed by atoms with Gasteiger partial charge in [0.1, 0.15) is 10.7 Å². The first kappa shape index (κ1) is 8.46. The Hall–Kier alpha value is -1.14. The summed E-state index contributed by atoms with van der Waals surface area (Å²) < 4.78 is 37.6. The fraction of sp³-hybridized carbons (Fsp3) is 0.143. The molecule has 0 atom stereocenters. The number of halogens is 1. The van der Waals surface area contributed by atoms with Crippen LogP contribution < -0.4 is 10.0 Å². The molecular weight excluding hydrogens is 195 g/mol. The molecule has 0 spiro atoms. The molecule has 1 aromatic rings. The van der Waals surface area contributed by atoms with Crippen molar-refractivity contribution in [2.75, 3.05) is 12.0 Å². The summed E-state index contributed by atoms with van der Waals surface area (Å²) in [7, 11) is -3.44. The molecule has 1 aliphatic rings. The zero-order valence-electron chi connectivity index (χ0n) is 6.54. The van der Waals surface area contributed by atoms with Gasteiger partial charge in [-0.3, -0.25) is 0 Å². The number of anilines is 1.